The smallest absolute Gasteiger partial charge is 0.243 e. The zero-order valence-corrected chi connectivity index (χ0v) is 16.7. The van der Waals surface area contributed by atoms with Crippen LogP contribution in [0.2, 0.25) is 0 Å². The van der Waals surface area contributed by atoms with Gasteiger partial charge in [0.25, 0.3) is 0 Å². The number of carbonyl (C=O) groups excluding carboxylic acids is 1. The first-order chi connectivity index (χ1) is 12.5. The third kappa shape index (κ3) is 4.34. The number of hydrogen-bond acceptors (Lipinski definition) is 4. The Morgan fingerprint density at radius 2 is 1.65 bits per heavy atom. The highest BCUT2D eigenvalue weighted by atomic mass is 79.9. The van der Waals surface area contributed by atoms with E-state index in [-0.39, 0.29) is 17.2 Å². The second kappa shape index (κ2) is 8.33. The summed E-state index contributed by atoms with van der Waals surface area (Å²) in [6.45, 7) is 1.28. The lowest BCUT2D eigenvalue weighted by Crippen LogP contribution is -2.35. The second-order valence-corrected chi connectivity index (χ2v) is 9.04. The summed E-state index contributed by atoms with van der Waals surface area (Å²) < 4.78 is 27.7. The number of sulfonamides is 1. The molecular formula is C19H21BrN2O3S. The van der Waals surface area contributed by atoms with Crippen LogP contribution in [-0.4, -0.2) is 38.1 Å². The molecule has 2 aromatic rings. The fourth-order valence-electron chi connectivity index (χ4n) is 2.95. The van der Waals surface area contributed by atoms with Crippen LogP contribution in [0.5, 0.6) is 0 Å². The van der Waals surface area contributed by atoms with Crippen LogP contribution >= 0.6 is 15.9 Å². The number of anilines is 1. The molecule has 1 aliphatic rings. The van der Waals surface area contributed by atoms with E-state index in [4.69, 9.17) is 0 Å². The van der Waals surface area contributed by atoms with E-state index in [1.165, 1.54) is 16.4 Å². The first kappa shape index (κ1) is 19.1. The number of carbonyl (C=O) groups is 1. The van der Waals surface area contributed by atoms with E-state index < -0.39 is 10.0 Å². The SMILES string of the molecule is O=C(CNc1ccccc1Br)c1ccc(S(=O)(=O)N2CCCCC2)cc1. The molecule has 0 radical (unpaired) electrons. The van der Waals surface area contributed by atoms with E-state index in [9.17, 15) is 13.2 Å². The van der Waals surface area contributed by atoms with Crippen LogP contribution in [0, 0.1) is 0 Å². The number of nitrogens with one attached hydrogen (secondary N) is 1. The maximum absolute atomic E-state index is 12.6. The predicted octanol–water partition coefficient (Wildman–Crippen LogP) is 3.92. The van der Waals surface area contributed by atoms with Gasteiger partial charge in [-0.2, -0.15) is 4.31 Å². The van der Waals surface area contributed by atoms with Crippen molar-refractivity contribution in [1.82, 2.24) is 4.31 Å². The largest absolute Gasteiger partial charge is 0.377 e. The minimum absolute atomic E-state index is 0.0947. The summed E-state index contributed by atoms with van der Waals surface area (Å²) in [6, 6.07) is 13.8. The van der Waals surface area contributed by atoms with Gasteiger partial charge >= 0.3 is 0 Å². The lowest BCUT2D eigenvalue weighted by molar-refractivity contribution is 0.101. The molecular weight excluding hydrogens is 416 g/mol. The molecule has 0 bridgehead atoms. The topological polar surface area (TPSA) is 66.5 Å². The van der Waals surface area contributed by atoms with E-state index in [1.54, 1.807) is 12.1 Å². The fraction of sp³-hybridized carbons (Fsp3) is 0.316. The Bertz CT molecular complexity index is 876. The lowest BCUT2D eigenvalue weighted by atomic mass is 10.1. The number of para-hydroxylation sites is 1. The van der Waals surface area contributed by atoms with Crippen molar-refractivity contribution in [2.45, 2.75) is 24.2 Å². The quantitative estimate of drug-likeness (QED) is 0.696. The molecule has 1 fully saturated rings. The summed E-state index contributed by atoms with van der Waals surface area (Å²) in [7, 11) is -3.47. The zero-order valence-electron chi connectivity index (χ0n) is 14.3. The van der Waals surface area contributed by atoms with Gasteiger partial charge in [0.05, 0.1) is 11.4 Å². The lowest BCUT2D eigenvalue weighted by Gasteiger charge is -2.25. The van der Waals surface area contributed by atoms with E-state index in [0.29, 0.717) is 18.7 Å². The number of ketones is 1. The Balaban J connectivity index is 1.67. The highest BCUT2D eigenvalue weighted by Gasteiger charge is 2.25. The number of rotatable bonds is 6. The van der Waals surface area contributed by atoms with E-state index >= 15 is 0 Å². The van der Waals surface area contributed by atoms with E-state index in [0.717, 1.165) is 29.4 Å². The van der Waals surface area contributed by atoms with Gasteiger partial charge < -0.3 is 5.32 Å². The molecule has 2 aromatic carbocycles. The van der Waals surface area contributed by atoms with Gasteiger partial charge in [-0.25, -0.2) is 8.42 Å². The molecule has 1 saturated heterocycles. The Morgan fingerprint density at radius 3 is 2.31 bits per heavy atom. The Kier molecular flexibility index (Phi) is 6.11. The molecule has 1 heterocycles. The van der Waals surface area contributed by atoms with Gasteiger partial charge in [0, 0.05) is 28.8 Å². The first-order valence-electron chi connectivity index (χ1n) is 8.60. The summed E-state index contributed by atoms with van der Waals surface area (Å²) in [5, 5.41) is 3.08. The van der Waals surface area contributed by atoms with Crippen LogP contribution < -0.4 is 5.32 Å². The molecule has 138 valence electrons. The molecule has 0 spiro atoms. The molecule has 0 amide bonds. The Labute approximate surface area is 162 Å². The number of nitrogens with zero attached hydrogens (tertiary/aromatic N) is 1. The number of halogens is 1. The van der Waals surface area contributed by atoms with Gasteiger partial charge in [-0.1, -0.05) is 18.6 Å². The highest BCUT2D eigenvalue weighted by molar-refractivity contribution is 9.10. The third-order valence-electron chi connectivity index (χ3n) is 4.44. The summed E-state index contributed by atoms with van der Waals surface area (Å²) >= 11 is 3.43. The molecule has 1 aliphatic heterocycles. The van der Waals surface area contributed by atoms with Crippen molar-refractivity contribution in [3.63, 3.8) is 0 Å². The number of hydrogen-bond donors (Lipinski definition) is 1. The Hall–Kier alpha value is -1.70. The number of Topliss-reactive ketones (excluding diaryl/α,β-unsaturated/α-hetero) is 1. The summed E-state index contributed by atoms with van der Waals surface area (Å²) in [5.74, 6) is -0.0947. The number of piperidine rings is 1. The van der Waals surface area contributed by atoms with Crippen LogP contribution in [0.15, 0.2) is 57.9 Å². The third-order valence-corrected chi connectivity index (χ3v) is 7.05. The Morgan fingerprint density at radius 1 is 1.00 bits per heavy atom. The molecule has 0 aliphatic carbocycles. The minimum Gasteiger partial charge on any atom is -0.377 e. The fourth-order valence-corrected chi connectivity index (χ4v) is 4.89. The normalized spacial score (nSPS) is 15.6. The van der Waals surface area contributed by atoms with Gasteiger partial charge in [-0.3, -0.25) is 4.79 Å². The molecule has 7 heteroatoms. The minimum atomic E-state index is -3.47. The second-order valence-electron chi connectivity index (χ2n) is 6.25. The van der Waals surface area contributed by atoms with Gasteiger partial charge in [-0.05, 0) is 65.2 Å². The van der Waals surface area contributed by atoms with Crippen LogP contribution in [0.3, 0.4) is 0 Å². The predicted molar refractivity (Wildman–Crippen MR) is 106 cm³/mol. The van der Waals surface area contributed by atoms with Crippen molar-refractivity contribution < 1.29 is 13.2 Å². The zero-order chi connectivity index (χ0) is 18.6. The van der Waals surface area contributed by atoms with E-state index in [2.05, 4.69) is 21.2 Å². The van der Waals surface area contributed by atoms with Crippen LogP contribution in [0.4, 0.5) is 5.69 Å². The van der Waals surface area contributed by atoms with Gasteiger partial charge in [-0.15, -0.1) is 0 Å². The molecule has 26 heavy (non-hydrogen) atoms. The standard InChI is InChI=1S/C19H21BrN2O3S/c20-17-6-2-3-7-18(17)21-14-19(23)15-8-10-16(11-9-15)26(24,25)22-12-4-1-5-13-22/h2-3,6-11,21H,1,4-5,12-14H2. The summed E-state index contributed by atoms with van der Waals surface area (Å²) in [5.41, 5.74) is 1.33. The van der Waals surface area contributed by atoms with Crippen molar-refractivity contribution in [1.29, 1.82) is 0 Å². The molecule has 0 atom stereocenters. The van der Waals surface area contributed by atoms with Gasteiger partial charge in [0.2, 0.25) is 10.0 Å². The highest BCUT2D eigenvalue weighted by Crippen LogP contribution is 2.22. The van der Waals surface area contributed by atoms with Crippen LogP contribution in [0.25, 0.3) is 0 Å². The molecule has 3 rings (SSSR count). The van der Waals surface area contributed by atoms with Crippen LogP contribution in [-0.2, 0) is 10.0 Å². The van der Waals surface area contributed by atoms with Crippen molar-refractivity contribution >= 4 is 37.4 Å². The molecule has 0 aromatic heterocycles. The van der Waals surface area contributed by atoms with Gasteiger partial charge in [0.15, 0.2) is 5.78 Å². The maximum atomic E-state index is 12.6. The molecule has 0 saturated carbocycles. The monoisotopic (exact) mass is 436 g/mol. The summed E-state index contributed by atoms with van der Waals surface area (Å²) in [6.07, 6.45) is 2.87. The first-order valence-corrected chi connectivity index (χ1v) is 10.8. The van der Waals surface area contributed by atoms with Crippen molar-refractivity contribution in [3.8, 4) is 0 Å². The van der Waals surface area contributed by atoms with Crippen molar-refractivity contribution in [2.75, 3.05) is 25.0 Å². The number of benzene rings is 2. The van der Waals surface area contributed by atoms with Gasteiger partial charge in [0.1, 0.15) is 0 Å². The molecule has 5 nitrogen and oxygen atoms in total. The van der Waals surface area contributed by atoms with E-state index in [1.807, 2.05) is 24.3 Å². The van der Waals surface area contributed by atoms with Crippen LogP contribution in [0.1, 0.15) is 29.6 Å². The average Bonchev–Trinajstić information content (AvgIpc) is 2.68. The van der Waals surface area contributed by atoms with Crippen molar-refractivity contribution in [2.24, 2.45) is 0 Å². The van der Waals surface area contributed by atoms with Crippen molar-refractivity contribution in [3.05, 3.63) is 58.6 Å². The average molecular weight is 437 g/mol. The molecule has 1 N–H and O–H groups in total. The summed E-state index contributed by atoms with van der Waals surface area (Å²) in [4.78, 5) is 12.6. The maximum Gasteiger partial charge on any atom is 0.243 e. The molecule has 0 unspecified atom stereocenters.